The Bertz CT molecular complexity index is 754. The second kappa shape index (κ2) is 8.18. The van der Waals surface area contributed by atoms with Gasteiger partial charge in [-0.15, -0.1) is 0 Å². The molecule has 0 aliphatic carbocycles. The maximum Gasteiger partial charge on any atom is 0.336 e. The van der Waals surface area contributed by atoms with Crippen LogP contribution in [0.5, 0.6) is 0 Å². The SMILES string of the molecule is COCCOC(=O)C1=C(C)NC(C)=C(C(=O)O)C1c1ccccc1Cl. The van der Waals surface area contributed by atoms with Gasteiger partial charge < -0.3 is 19.9 Å². The van der Waals surface area contributed by atoms with E-state index in [-0.39, 0.29) is 24.4 Å². The molecule has 1 aromatic rings. The lowest BCUT2D eigenvalue weighted by Gasteiger charge is -2.30. The zero-order chi connectivity index (χ0) is 18.6. The molecule has 0 amide bonds. The van der Waals surface area contributed by atoms with Gasteiger partial charge >= 0.3 is 11.9 Å². The minimum atomic E-state index is -1.12. The van der Waals surface area contributed by atoms with Gasteiger partial charge in [0.25, 0.3) is 0 Å². The van der Waals surface area contributed by atoms with Crippen LogP contribution in [0.25, 0.3) is 0 Å². The van der Waals surface area contributed by atoms with E-state index < -0.39 is 17.9 Å². The summed E-state index contributed by atoms with van der Waals surface area (Å²) in [7, 11) is 1.50. The van der Waals surface area contributed by atoms with Crippen LogP contribution >= 0.6 is 11.6 Å². The van der Waals surface area contributed by atoms with Gasteiger partial charge in [0.2, 0.25) is 0 Å². The lowest BCUT2D eigenvalue weighted by atomic mass is 9.80. The van der Waals surface area contributed by atoms with Crippen molar-refractivity contribution >= 4 is 23.5 Å². The van der Waals surface area contributed by atoms with Crippen molar-refractivity contribution in [1.29, 1.82) is 0 Å². The van der Waals surface area contributed by atoms with Crippen LogP contribution < -0.4 is 5.32 Å². The molecule has 134 valence electrons. The zero-order valence-corrected chi connectivity index (χ0v) is 15.0. The van der Waals surface area contributed by atoms with E-state index >= 15 is 0 Å². The summed E-state index contributed by atoms with van der Waals surface area (Å²) in [5, 5.41) is 13.0. The number of rotatable bonds is 6. The summed E-state index contributed by atoms with van der Waals surface area (Å²) in [5.41, 5.74) is 1.84. The molecule has 1 heterocycles. The van der Waals surface area contributed by atoms with Gasteiger partial charge in [0, 0.05) is 23.5 Å². The molecular weight excluding hydrogens is 346 g/mol. The number of carbonyl (C=O) groups excluding carboxylic acids is 1. The van der Waals surface area contributed by atoms with Crippen molar-refractivity contribution < 1.29 is 24.2 Å². The Morgan fingerprint density at radius 1 is 1.16 bits per heavy atom. The summed E-state index contributed by atoms with van der Waals surface area (Å²) >= 11 is 6.29. The first-order valence-electron chi connectivity index (χ1n) is 7.70. The molecule has 0 fully saturated rings. The number of benzene rings is 1. The molecule has 0 bridgehead atoms. The van der Waals surface area contributed by atoms with E-state index in [4.69, 9.17) is 21.1 Å². The molecule has 1 aromatic carbocycles. The number of halogens is 1. The number of esters is 1. The number of ether oxygens (including phenoxy) is 2. The lowest BCUT2D eigenvalue weighted by molar-refractivity contribution is -0.140. The molecule has 6 nitrogen and oxygen atoms in total. The van der Waals surface area contributed by atoms with E-state index in [1.807, 2.05) is 0 Å². The largest absolute Gasteiger partial charge is 0.478 e. The predicted octanol–water partition coefficient (Wildman–Crippen LogP) is 2.85. The van der Waals surface area contributed by atoms with E-state index in [9.17, 15) is 14.7 Å². The smallest absolute Gasteiger partial charge is 0.336 e. The van der Waals surface area contributed by atoms with Crippen molar-refractivity contribution in [1.82, 2.24) is 5.32 Å². The van der Waals surface area contributed by atoms with E-state index in [1.54, 1.807) is 38.1 Å². The van der Waals surface area contributed by atoms with Crippen molar-refractivity contribution in [2.75, 3.05) is 20.3 Å². The Morgan fingerprint density at radius 2 is 1.80 bits per heavy atom. The van der Waals surface area contributed by atoms with E-state index in [0.29, 0.717) is 22.0 Å². The average molecular weight is 366 g/mol. The second-order valence-corrected chi connectivity index (χ2v) is 6.00. The second-order valence-electron chi connectivity index (χ2n) is 5.59. The van der Waals surface area contributed by atoms with Crippen molar-refractivity contribution in [2.45, 2.75) is 19.8 Å². The van der Waals surface area contributed by atoms with E-state index in [2.05, 4.69) is 5.32 Å². The third-order valence-corrected chi connectivity index (χ3v) is 4.29. The number of carbonyl (C=O) groups is 2. The van der Waals surface area contributed by atoms with Crippen LogP contribution in [0.15, 0.2) is 46.8 Å². The van der Waals surface area contributed by atoms with Crippen molar-refractivity contribution in [2.24, 2.45) is 0 Å². The topological polar surface area (TPSA) is 84.9 Å². The molecule has 0 aromatic heterocycles. The third kappa shape index (κ3) is 4.03. The van der Waals surface area contributed by atoms with Crippen molar-refractivity contribution in [3.05, 3.63) is 57.4 Å². The molecule has 0 radical (unpaired) electrons. The van der Waals surface area contributed by atoms with Gasteiger partial charge in [-0.25, -0.2) is 9.59 Å². The molecule has 0 saturated carbocycles. The van der Waals surface area contributed by atoms with Crippen LogP contribution in [0.3, 0.4) is 0 Å². The van der Waals surface area contributed by atoms with Crippen LogP contribution in [-0.4, -0.2) is 37.4 Å². The molecule has 1 aliphatic rings. The number of allylic oxidation sites excluding steroid dienone is 2. The number of hydrogen-bond donors (Lipinski definition) is 2. The van der Waals surface area contributed by atoms with Crippen molar-refractivity contribution in [3.8, 4) is 0 Å². The van der Waals surface area contributed by atoms with Gasteiger partial charge in [0.1, 0.15) is 6.61 Å². The minimum Gasteiger partial charge on any atom is -0.478 e. The average Bonchev–Trinajstić information content (AvgIpc) is 2.54. The highest BCUT2D eigenvalue weighted by molar-refractivity contribution is 6.31. The van der Waals surface area contributed by atoms with Crippen LogP contribution in [0.2, 0.25) is 5.02 Å². The van der Waals surface area contributed by atoms with Crippen molar-refractivity contribution in [3.63, 3.8) is 0 Å². The zero-order valence-electron chi connectivity index (χ0n) is 14.3. The quantitative estimate of drug-likeness (QED) is 0.595. The number of carboxylic acids is 1. The molecule has 0 saturated heterocycles. The predicted molar refractivity (Wildman–Crippen MR) is 93.2 cm³/mol. The molecule has 1 aliphatic heterocycles. The monoisotopic (exact) mass is 365 g/mol. The third-order valence-electron chi connectivity index (χ3n) is 3.95. The lowest BCUT2D eigenvalue weighted by Crippen LogP contribution is -2.32. The molecule has 1 atom stereocenters. The summed E-state index contributed by atoms with van der Waals surface area (Å²) in [6.07, 6.45) is 0. The van der Waals surface area contributed by atoms with Gasteiger partial charge in [-0.3, -0.25) is 0 Å². The minimum absolute atomic E-state index is 0.0670. The first-order chi connectivity index (χ1) is 11.9. The Hall–Kier alpha value is -2.31. The first-order valence-corrected chi connectivity index (χ1v) is 8.08. The Labute approximate surface area is 151 Å². The fraction of sp³-hybridized carbons (Fsp3) is 0.333. The summed E-state index contributed by atoms with van der Waals surface area (Å²) in [6, 6.07) is 6.87. The van der Waals surface area contributed by atoms with Crippen LogP contribution in [0.4, 0.5) is 0 Å². The number of nitrogens with one attached hydrogen (secondary N) is 1. The van der Waals surface area contributed by atoms with E-state index in [1.165, 1.54) is 7.11 Å². The van der Waals surface area contributed by atoms with Gasteiger partial charge in [-0.05, 0) is 25.5 Å². The number of aliphatic carboxylic acids is 1. The highest BCUT2D eigenvalue weighted by Gasteiger charge is 2.38. The molecule has 2 N–H and O–H groups in total. The Kier molecular flexibility index (Phi) is 6.22. The van der Waals surface area contributed by atoms with Gasteiger partial charge in [-0.1, -0.05) is 29.8 Å². The van der Waals surface area contributed by atoms with Gasteiger partial charge in [0.15, 0.2) is 0 Å². The fourth-order valence-electron chi connectivity index (χ4n) is 2.86. The molecule has 7 heteroatoms. The maximum absolute atomic E-state index is 12.6. The summed E-state index contributed by atoms with van der Waals surface area (Å²) in [6.45, 7) is 3.69. The molecule has 1 unspecified atom stereocenters. The summed E-state index contributed by atoms with van der Waals surface area (Å²) in [4.78, 5) is 24.5. The molecule has 25 heavy (non-hydrogen) atoms. The summed E-state index contributed by atoms with van der Waals surface area (Å²) in [5.74, 6) is -2.54. The van der Waals surface area contributed by atoms with Crippen LogP contribution in [0, 0.1) is 0 Å². The molecule has 0 spiro atoms. The number of carboxylic acid groups (broad SMARTS) is 1. The Morgan fingerprint density at radius 3 is 2.40 bits per heavy atom. The maximum atomic E-state index is 12.6. The Balaban J connectivity index is 2.54. The number of hydrogen-bond acceptors (Lipinski definition) is 5. The van der Waals surface area contributed by atoms with Gasteiger partial charge in [0.05, 0.1) is 23.7 Å². The highest BCUT2D eigenvalue weighted by Crippen LogP contribution is 2.41. The fourth-order valence-corrected chi connectivity index (χ4v) is 3.11. The standard InChI is InChI=1S/C18H20ClNO5/c1-10-14(17(21)22)16(12-6-4-5-7-13(12)19)15(11(2)20-10)18(23)25-9-8-24-3/h4-7,16,20H,8-9H2,1-3H3,(H,21,22). The normalized spacial score (nSPS) is 17.4. The summed E-state index contributed by atoms with van der Waals surface area (Å²) < 4.78 is 10.1. The van der Waals surface area contributed by atoms with Crippen LogP contribution in [0.1, 0.15) is 25.3 Å². The number of methoxy groups -OCH3 is 1. The highest BCUT2D eigenvalue weighted by atomic mass is 35.5. The van der Waals surface area contributed by atoms with Crippen LogP contribution in [-0.2, 0) is 19.1 Å². The van der Waals surface area contributed by atoms with E-state index in [0.717, 1.165) is 0 Å². The first kappa shape index (κ1) is 19.0. The number of dihydropyridines is 1. The molecular formula is C18H20ClNO5. The van der Waals surface area contributed by atoms with Gasteiger partial charge in [-0.2, -0.15) is 0 Å². The molecule has 2 rings (SSSR count).